The first kappa shape index (κ1) is 12.9. The van der Waals surface area contributed by atoms with E-state index < -0.39 is 0 Å². The third-order valence-corrected chi connectivity index (χ3v) is 3.63. The number of amides is 1. The highest BCUT2D eigenvalue weighted by Gasteiger charge is 2.17. The summed E-state index contributed by atoms with van der Waals surface area (Å²) in [7, 11) is 0. The van der Waals surface area contributed by atoms with Crippen molar-refractivity contribution in [3.63, 3.8) is 0 Å². The van der Waals surface area contributed by atoms with Gasteiger partial charge in [0.05, 0.1) is 0 Å². The zero-order valence-electron chi connectivity index (χ0n) is 10.8. The van der Waals surface area contributed by atoms with Crippen molar-refractivity contribution in [2.45, 2.75) is 6.92 Å². The Bertz CT molecular complexity index is 792. The maximum absolute atomic E-state index is 12.3. The maximum Gasteiger partial charge on any atom is 0.291 e. The summed E-state index contributed by atoms with van der Waals surface area (Å²) in [5.74, 6) is 0.114. The molecule has 1 N–H and O–H groups in total. The molecule has 0 spiro atoms. The topological polar surface area (TPSA) is 42.2 Å². The summed E-state index contributed by atoms with van der Waals surface area (Å²) < 4.78 is 6.55. The van der Waals surface area contributed by atoms with Gasteiger partial charge in [-0.3, -0.25) is 4.79 Å². The largest absolute Gasteiger partial charge is 0.451 e. The van der Waals surface area contributed by atoms with Gasteiger partial charge in [-0.15, -0.1) is 0 Å². The number of hydrogen-bond donors (Lipinski definition) is 1. The van der Waals surface area contributed by atoms with Gasteiger partial charge in [-0.2, -0.15) is 0 Å². The number of halogens is 1. The average Bonchev–Trinajstić information content (AvgIpc) is 2.77. The van der Waals surface area contributed by atoms with Crippen LogP contribution in [-0.2, 0) is 0 Å². The van der Waals surface area contributed by atoms with Gasteiger partial charge in [0.1, 0.15) is 5.58 Å². The van der Waals surface area contributed by atoms with E-state index in [1.165, 1.54) is 0 Å². The summed E-state index contributed by atoms with van der Waals surface area (Å²) in [5, 5.41) is 3.80. The summed E-state index contributed by atoms with van der Waals surface area (Å²) in [6.07, 6.45) is 0. The smallest absolute Gasteiger partial charge is 0.291 e. The van der Waals surface area contributed by atoms with Gasteiger partial charge in [-0.1, -0.05) is 40.2 Å². The van der Waals surface area contributed by atoms with Gasteiger partial charge in [-0.25, -0.2) is 0 Å². The second kappa shape index (κ2) is 5.13. The average molecular weight is 330 g/mol. The Morgan fingerprint density at radius 2 is 1.95 bits per heavy atom. The number of benzene rings is 2. The molecule has 3 rings (SSSR count). The highest BCUT2D eigenvalue weighted by atomic mass is 79.9. The molecule has 0 unspecified atom stereocenters. The molecule has 0 saturated heterocycles. The Morgan fingerprint density at radius 1 is 1.15 bits per heavy atom. The molecule has 0 atom stereocenters. The summed E-state index contributed by atoms with van der Waals surface area (Å²) in [4.78, 5) is 12.3. The van der Waals surface area contributed by atoms with Crippen molar-refractivity contribution in [3.8, 4) is 0 Å². The molecule has 0 aliphatic rings. The molecule has 1 amide bonds. The second-order valence-electron chi connectivity index (χ2n) is 4.52. The van der Waals surface area contributed by atoms with Crippen molar-refractivity contribution in [2.24, 2.45) is 0 Å². The zero-order chi connectivity index (χ0) is 14.1. The van der Waals surface area contributed by atoms with Crippen molar-refractivity contribution in [1.82, 2.24) is 0 Å². The number of hydrogen-bond acceptors (Lipinski definition) is 2. The van der Waals surface area contributed by atoms with Gasteiger partial charge < -0.3 is 9.73 Å². The van der Waals surface area contributed by atoms with Crippen LogP contribution in [-0.4, -0.2) is 5.91 Å². The molecular weight excluding hydrogens is 318 g/mol. The Kier molecular flexibility index (Phi) is 3.32. The minimum Gasteiger partial charge on any atom is -0.451 e. The molecule has 20 heavy (non-hydrogen) atoms. The summed E-state index contributed by atoms with van der Waals surface area (Å²) in [5.41, 5.74) is 2.31. The number of nitrogens with one attached hydrogen (secondary N) is 1. The lowest BCUT2D eigenvalue weighted by Gasteiger charge is -2.04. The third-order valence-electron chi connectivity index (χ3n) is 3.13. The quantitative estimate of drug-likeness (QED) is 0.736. The molecule has 100 valence electrons. The number of para-hydroxylation sites is 1. The minimum atomic E-state index is -0.239. The Hall–Kier alpha value is -2.07. The Balaban J connectivity index is 1.95. The number of fused-ring (bicyclic) bond motifs is 1. The zero-order valence-corrected chi connectivity index (χ0v) is 12.4. The van der Waals surface area contributed by atoms with Crippen LogP contribution in [0.2, 0.25) is 0 Å². The highest BCUT2D eigenvalue weighted by Crippen LogP contribution is 2.26. The van der Waals surface area contributed by atoms with Gasteiger partial charge in [0.25, 0.3) is 5.91 Å². The monoisotopic (exact) mass is 329 g/mol. The fourth-order valence-corrected chi connectivity index (χ4v) is 2.54. The van der Waals surface area contributed by atoms with Crippen LogP contribution in [0.3, 0.4) is 0 Å². The van der Waals surface area contributed by atoms with Crippen molar-refractivity contribution in [3.05, 3.63) is 64.3 Å². The second-order valence-corrected chi connectivity index (χ2v) is 5.43. The van der Waals surface area contributed by atoms with E-state index in [-0.39, 0.29) is 5.91 Å². The molecule has 0 saturated carbocycles. The fourth-order valence-electron chi connectivity index (χ4n) is 2.15. The molecular formula is C16H12BrNO2. The van der Waals surface area contributed by atoms with Crippen LogP contribution >= 0.6 is 15.9 Å². The van der Waals surface area contributed by atoms with Crippen LogP contribution in [0.1, 0.15) is 16.1 Å². The van der Waals surface area contributed by atoms with E-state index >= 15 is 0 Å². The lowest BCUT2D eigenvalue weighted by atomic mass is 10.1. The first-order valence-corrected chi connectivity index (χ1v) is 6.99. The number of furan rings is 1. The number of anilines is 1. The Labute approximate surface area is 124 Å². The van der Waals surface area contributed by atoms with Crippen molar-refractivity contribution >= 4 is 38.5 Å². The first-order valence-electron chi connectivity index (χ1n) is 6.20. The van der Waals surface area contributed by atoms with Crippen LogP contribution in [0.25, 0.3) is 11.0 Å². The van der Waals surface area contributed by atoms with E-state index in [9.17, 15) is 4.79 Å². The lowest BCUT2D eigenvalue weighted by molar-refractivity contribution is 0.0998. The van der Waals surface area contributed by atoms with E-state index in [0.717, 1.165) is 26.7 Å². The SMILES string of the molecule is Cc1c(C(=O)Nc2cccc(Br)c2)oc2ccccc12. The summed E-state index contributed by atoms with van der Waals surface area (Å²) >= 11 is 3.38. The van der Waals surface area contributed by atoms with Crippen LogP contribution in [0.4, 0.5) is 5.69 Å². The summed E-state index contributed by atoms with van der Waals surface area (Å²) in [6.45, 7) is 1.89. The van der Waals surface area contributed by atoms with Gasteiger partial charge in [-0.05, 0) is 31.2 Å². The number of carbonyl (C=O) groups is 1. The van der Waals surface area contributed by atoms with Gasteiger partial charge in [0, 0.05) is 21.1 Å². The van der Waals surface area contributed by atoms with Crippen LogP contribution < -0.4 is 5.32 Å². The van der Waals surface area contributed by atoms with Crippen LogP contribution in [0, 0.1) is 6.92 Å². The number of aryl methyl sites for hydroxylation is 1. The molecule has 0 aliphatic heterocycles. The summed E-state index contributed by atoms with van der Waals surface area (Å²) in [6, 6.07) is 15.1. The molecule has 0 fully saturated rings. The Morgan fingerprint density at radius 3 is 2.70 bits per heavy atom. The van der Waals surface area contributed by atoms with E-state index in [0.29, 0.717) is 5.76 Å². The van der Waals surface area contributed by atoms with E-state index in [4.69, 9.17) is 4.42 Å². The fraction of sp³-hybridized carbons (Fsp3) is 0.0625. The third kappa shape index (κ3) is 2.34. The standard InChI is InChI=1S/C16H12BrNO2/c1-10-13-7-2-3-8-14(13)20-15(10)16(19)18-12-6-4-5-11(17)9-12/h2-9H,1H3,(H,18,19). The molecule has 0 radical (unpaired) electrons. The van der Waals surface area contributed by atoms with E-state index in [1.54, 1.807) is 0 Å². The number of carbonyl (C=O) groups excluding carboxylic acids is 1. The van der Waals surface area contributed by atoms with Crippen molar-refractivity contribution in [2.75, 3.05) is 5.32 Å². The number of rotatable bonds is 2. The molecule has 2 aromatic carbocycles. The molecule has 0 bridgehead atoms. The molecule has 3 nitrogen and oxygen atoms in total. The van der Waals surface area contributed by atoms with Crippen molar-refractivity contribution in [1.29, 1.82) is 0 Å². The first-order chi connectivity index (χ1) is 9.65. The van der Waals surface area contributed by atoms with Crippen LogP contribution in [0.5, 0.6) is 0 Å². The van der Waals surface area contributed by atoms with Crippen LogP contribution in [0.15, 0.2) is 57.4 Å². The lowest BCUT2D eigenvalue weighted by Crippen LogP contribution is -2.11. The van der Waals surface area contributed by atoms with Gasteiger partial charge in [0.2, 0.25) is 0 Å². The molecule has 1 aromatic heterocycles. The maximum atomic E-state index is 12.3. The molecule has 4 heteroatoms. The van der Waals surface area contributed by atoms with E-state index in [1.807, 2.05) is 55.5 Å². The molecule has 1 heterocycles. The van der Waals surface area contributed by atoms with Gasteiger partial charge in [0.15, 0.2) is 5.76 Å². The highest BCUT2D eigenvalue weighted by molar-refractivity contribution is 9.10. The van der Waals surface area contributed by atoms with Gasteiger partial charge >= 0.3 is 0 Å². The van der Waals surface area contributed by atoms with E-state index in [2.05, 4.69) is 21.2 Å². The predicted molar refractivity (Wildman–Crippen MR) is 83.0 cm³/mol. The molecule has 0 aliphatic carbocycles. The minimum absolute atomic E-state index is 0.239. The predicted octanol–water partition coefficient (Wildman–Crippen LogP) is 4.76. The normalized spacial score (nSPS) is 10.7. The van der Waals surface area contributed by atoms with Crippen molar-refractivity contribution < 1.29 is 9.21 Å². The molecule has 3 aromatic rings.